The van der Waals surface area contributed by atoms with Crippen LogP contribution in [0.5, 0.6) is 5.75 Å². The van der Waals surface area contributed by atoms with Crippen molar-refractivity contribution in [3.63, 3.8) is 0 Å². The Balaban J connectivity index is 2.87. The first-order chi connectivity index (χ1) is 9.35. The van der Waals surface area contributed by atoms with Gasteiger partial charge >= 0.3 is 6.36 Å². The Hall–Kier alpha value is -0.910. The van der Waals surface area contributed by atoms with Gasteiger partial charge in [-0.3, -0.25) is 0 Å². The van der Waals surface area contributed by atoms with Gasteiger partial charge in [0.25, 0.3) is 0 Å². The lowest BCUT2D eigenvalue weighted by Gasteiger charge is -2.21. The summed E-state index contributed by atoms with van der Waals surface area (Å²) in [7, 11) is 0. The van der Waals surface area contributed by atoms with E-state index in [1.54, 1.807) is 12.1 Å². The molecule has 0 spiro atoms. The Labute approximate surface area is 125 Å². The predicted molar refractivity (Wildman–Crippen MR) is 78.1 cm³/mol. The molecule has 0 amide bonds. The van der Waals surface area contributed by atoms with Crippen LogP contribution in [0.25, 0.3) is 0 Å². The van der Waals surface area contributed by atoms with Gasteiger partial charge in [-0.2, -0.15) is 0 Å². The Kier molecular flexibility index (Phi) is 6.65. The summed E-state index contributed by atoms with van der Waals surface area (Å²) in [6, 6.07) is 4.76. The number of nitrogens with one attached hydrogen (secondary N) is 1. The van der Waals surface area contributed by atoms with E-state index >= 15 is 0 Å². The smallest absolute Gasteiger partial charge is 0.404 e. The lowest BCUT2D eigenvalue weighted by atomic mass is 10.1. The molecule has 0 aliphatic rings. The summed E-state index contributed by atoms with van der Waals surface area (Å²) < 4.78 is 41.8. The summed E-state index contributed by atoms with van der Waals surface area (Å²) in [4.78, 5) is 0. The molecule has 0 radical (unpaired) electrons. The zero-order chi connectivity index (χ0) is 15.2. The number of hydrogen-bond acceptors (Lipinski definition) is 2. The van der Waals surface area contributed by atoms with Gasteiger partial charge in [0.05, 0.1) is 5.69 Å². The van der Waals surface area contributed by atoms with E-state index in [2.05, 4.69) is 32.9 Å². The Morgan fingerprint density at radius 3 is 2.55 bits per heavy atom. The normalized spacial score (nSPS) is 13.1. The third kappa shape index (κ3) is 6.03. The van der Waals surface area contributed by atoms with Crippen molar-refractivity contribution in [1.29, 1.82) is 0 Å². The first kappa shape index (κ1) is 17.1. The van der Waals surface area contributed by atoms with Crippen molar-refractivity contribution in [3.05, 3.63) is 22.7 Å². The maximum absolute atomic E-state index is 12.4. The molecule has 1 aromatic carbocycles. The van der Waals surface area contributed by atoms with Gasteiger partial charge in [-0.05, 0) is 31.0 Å². The third-order valence-corrected chi connectivity index (χ3v) is 3.42. The Bertz CT molecular complexity index is 423. The molecule has 1 N–H and O–H groups in total. The van der Waals surface area contributed by atoms with Crippen LogP contribution in [0.4, 0.5) is 18.9 Å². The molecule has 0 aliphatic carbocycles. The average molecular weight is 354 g/mol. The molecule has 114 valence electrons. The van der Waals surface area contributed by atoms with Crippen LogP contribution >= 0.6 is 15.9 Å². The van der Waals surface area contributed by atoms with Crippen LogP contribution in [0.1, 0.15) is 39.5 Å². The summed E-state index contributed by atoms with van der Waals surface area (Å²) in [5.41, 5.74) is 0.369. The largest absolute Gasteiger partial charge is 0.573 e. The van der Waals surface area contributed by atoms with Gasteiger partial charge in [0.15, 0.2) is 5.75 Å². The topological polar surface area (TPSA) is 21.3 Å². The number of anilines is 1. The molecule has 1 unspecified atom stereocenters. The maximum atomic E-state index is 12.4. The second kappa shape index (κ2) is 7.76. The number of halogens is 4. The standard InChI is InChI=1S/C14H19BrF3NO/c1-3-5-6-11(4-2)19-12-8-7-10(15)9-13(12)20-14(16,17)18/h7-9,11,19H,3-6H2,1-2H3. The van der Waals surface area contributed by atoms with Gasteiger partial charge in [-0.1, -0.05) is 42.6 Å². The minimum atomic E-state index is -4.69. The number of alkyl halides is 3. The summed E-state index contributed by atoms with van der Waals surface area (Å²) in [6.45, 7) is 4.10. The molecular weight excluding hydrogens is 335 g/mol. The maximum Gasteiger partial charge on any atom is 0.573 e. The van der Waals surface area contributed by atoms with E-state index in [-0.39, 0.29) is 11.8 Å². The van der Waals surface area contributed by atoms with Gasteiger partial charge in [0.1, 0.15) is 0 Å². The molecule has 0 fully saturated rings. The van der Waals surface area contributed by atoms with Crippen LogP contribution in [0.15, 0.2) is 22.7 Å². The van der Waals surface area contributed by atoms with Gasteiger partial charge in [-0.15, -0.1) is 13.2 Å². The molecule has 0 saturated carbocycles. The van der Waals surface area contributed by atoms with Crippen molar-refractivity contribution in [2.24, 2.45) is 0 Å². The van der Waals surface area contributed by atoms with E-state index in [1.807, 2.05) is 6.92 Å². The molecule has 0 aromatic heterocycles. The molecule has 0 heterocycles. The van der Waals surface area contributed by atoms with Crippen LogP contribution < -0.4 is 10.1 Å². The minimum absolute atomic E-state index is 0.145. The fourth-order valence-electron chi connectivity index (χ4n) is 1.87. The summed E-state index contributed by atoms with van der Waals surface area (Å²) in [6.07, 6.45) is -0.819. The lowest BCUT2D eigenvalue weighted by Crippen LogP contribution is -2.21. The second-order valence-corrected chi connectivity index (χ2v) is 5.50. The first-order valence-corrected chi connectivity index (χ1v) is 7.46. The summed E-state index contributed by atoms with van der Waals surface area (Å²) >= 11 is 3.15. The zero-order valence-electron chi connectivity index (χ0n) is 11.6. The van der Waals surface area contributed by atoms with Gasteiger partial charge in [-0.25, -0.2) is 0 Å². The molecule has 2 nitrogen and oxygen atoms in total. The second-order valence-electron chi connectivity index (χ2n) is 4.58. The highest BCUT2D eigenvalue weighted by atomic mass is 79.9. The number of rotatable bonds is 7. The van der Waals surface area contributed by atoms with E-state index in [9.17, 15) is 13.2 Å². The number of benzene rings is 1. The van der Waals surface area contributed by atoms with Crippen molar-refractivity contribution in [2.75, 3.05) is 5.32 Å². The number of hydrogen-bond donors (Lipinski definition) is 1. The molecule has 1 atom stereocenters. The van der Waals surface area contributed by atoms with E-state index in [0.717, 1.165) is 25.7 Å². The summed E-state index contributed by atoms with van der Waals surface area (Å²) in [5, 5.41) is 3.14. The first-order valence-electron chi connectivity index (χ1n) is 6.67. The lowest BCUT2D eigenvalue weighted by molar-refractivity contribution is -0.274. The average Bonchev–Trinajstić information content (AvgIpc) is 2.35. The van der Waals surface area contributed by atoms with E-state index in [4.69, 9.17) is 0 Å². The highest BCUT2D eigenvalue weighted by Gasteiger charge is 2.32. The van der Waals surface area contributed by atoms with Crippen LogP contribution in [0, 0.1) is 0 Å². The van der Waals surface area contributed by atoms with Crippen molar-refractivity contribution >= 4 is 21.6 Å². The molecule has 0 aliphatic heterocycles. The fraction of sp³-hybridized carbons (Fsp3) is 0.571. The quantitative estimate of drug-likeness (QED) is 0.675. The van der Waals surface area contributed by atoms with Crippen molar-refractivity contribution in [2.45, 2.75) is 51.9 Å². The molecule has 0 saturated heterocycles. The molecule has 6 heteroatoms. The van der Waals surface area contributed by atoms with E-state index < -0.39 is 6.36 Å². The van der Waals surface area contributed by atoms with Crippen LogP contribution in [-0.4, -0.2) is 12.4 Å². The van der Waals surface area contributed by atoms with Crippen molar-refractivity contribution < 1.29 is 17.9 Å². The van der Waals surface area contributed by atoms with Gasteiger partial charge in [0, 0.05) is 10.5 Å². The number of unbranched alkanes of at least 4 members (excludes halogenated alkanes) is 1. The predicted octanol–water partition coefficient (Wildman–Crippen LogP) is 5.73. The van der Waals surface area contributed by atoms with E-state index in [1.165, 1.54) is 6.07 Å². The van der Waals surface area contributed by atoms with Crippen LogP contribution in [0.2, 0.25) is 0 Å². The summed E-state index contributed by atoms with van der Waals surface area (Å²) in [5.74, 6) is -0.207. The fourth-order valence-corrected chi connectivity index (χ4v) is 2.21. The monoisotopic (exact) mass is 353 g/mol. The number of ether oxygens (including phenoxy) is 1. The Morgan fingerprint density at radius 1 is 1.30 bits per heavy atom. The molecule has 0 bridgehead atoms. The van der Waals surface area contributed by atoms with E-state index in [0.29, 0.717) is 10.2 Å². The molecule has 1 rings (SSSR count). The molecule has 1 aromatic rings. The third-order valence-electron chi connectivity index (χ3n) is 2.93. The minimum Gasteiger partial charge on any atom is -0.404 e. The Morgan fingerprint density at radius 2 is 2.00 bits per heavy atom. The highest BCUT2D eigenvalue weighted by molar-refractivity contribution is 9.10. The molecular formula is C14H19BrF3NO. The zero-order valence-corrected chi connectivity index (χ0v) is 13.1. The van der Waals surface area contributed by atoms with Crippen LogP contribution in [-0.2, 0) is 0 Å². The van der Waals surface area contributed by atoms with Gasteiger partial charge in [0.2, 0.25) is 0 Å². The van der Waals surface area contributed by atoms with Crippen LogP contribution in [0.3, 0.4) is 0 Å². The SMILES string of the molecule is CCCCC(CC)Nc1ccc(Br)cc1OC(F)(F)F. The van der Waals surface area contributed by atoms with Gasteiger partial charge < -0.3 is 10.1 Å². The van der Waals surface area contributed by atoms with Crippen molar-refractivity contribution in [1.82, 2.24) is 0 Å². The molecule has 20 heavy (non-hydrogen) atoms. The highest BCUT2D eigenvalue weighted by Crippen LogP contribution is 2.33. The van der Waals surface area contributed by atoms with Crippen molar-refractivity contribution in [3.8, 4) is 5.75 Å².